The Morgan fingerprint density at radius 1 is 1.42 bits per heavy atom. The molecule has 4 rings (SSSR count). The SMILES string of the molecule is C[C@@H](Sc1nc2ncc(Cl)cc2[nH]1)C(=O)N1CCc2ccccc21. The third-order valence-electron chi connectivity index (χ3n) is 4.07. The minimum Gasteiger partial charge on any atom is -0.331 e. The highest BCUT2D eigenvalue weighted by Gasteiger charge is 2.28. The summed E-state index contributed by atoms with van der Waals surface area (Å²) in [6.07, 6.45) is 2.47. The number of anilines is 1. The largest absolute Gasteiger partial charge is 0.331 e. The Labute approximate surface area is 148 Å². The Morgan fingerprint density at radius 3 is 3.12 bits per heavy atom. The Kier molecular flexibility index (Phi) is 3.94. The third-order valence-corrected chi connectivity index (χ3v) is 5.25. The number of H-pyrrole nitrogens is 1. The number of rotatable bonds is 3. The van der Waals surface area contributed by atoms with Crippen molar-refractivity contribution in [1.82, 2.24) is 15.0 Å². The van der Waals surface area contributed by atoms with E-state index >= 15 is 0 Å². The van der Waals surface area contributed by atoms with Crippen molar-refractivity contribution in [3.63, 3.8) is 0 Å². The number of hydrogen-bond acceptors (Lipinski definition) is 4. The van der Waals surface area contributed by atoms with Crippen LogP contribution in [0.3, 0.4) is 0 Å². The number of aromatic nitrogens is 3. The molecule has 0 radical (unpaired) electrons. The zero-order valence-electron chi connectivity index (χ0n) is 13.0. The van der Waals surface area contributed by atoms with E-state index in [1.54, 1.807) is 12.3 Å². The van der Waals surface area contributed by atoms with Crippen LogP contribution >= 0.6 is 23.4 Å². The van der Waals surface area contributed by atoms with E-state index in [2.05, 4.69) is 21.0 Å². The van der Waals surface area contributed by atoms with Crippen molar-refractivity contribution in [3.05, 3.63) is 47.1 Å². The van der Waals surface area contributed by atoms with Crippen LogP contribution in [-0.4, -0.2) is 32.7 Å². The maximum Gasteiger partial charge on any atom is 0.240 e. The van der Waals surface area contributed by atoms with Crippen LogP contribution in [0.2, 0.25) is 5.02 Å². The van der Waals surface area contributed by atoms with Gasteiger partial charge in [-0.15, -0.1) is 0 Å². The highest BCUT2D eigenvalue weighted by molar-refractivity contribution is 8.00. The number of aromatic amines is 1. The van der Waals surface area contributed by atoms with Gasteiger partial charge in [-0.2, -0.15) is 0 Å². The van der Waals surface area contributed by atoms with Crippen molar-refractivity contribution in [2.45, 2.75) is 23.8 Å². The summed E-state index contributed by atoms with van der Waals surface area (Å²) in [5.74, 6) is 0.0939. The molecule has 0 bridgehead atoms. The van der Waals surface area contributed by atoms with Crippen LogP contribution in [0, 0.1) is 0 Å². The molecule has 0 fully saturated rings. The minimum absolute atomic E-state index is 0.0939. The number of benzene rings is 1. The number of nitrogens with zero attached hydrogens (tertiary/aromatic N) is 3. The molecule has 1 N–H and O–H groups in total. The number of pyridine rings is 1. The number of fused-ring (bicyclic) bond motifs is 2. The first-order valence-corrected chi connectivity index (χ1v) is 8.95. The quantitative estimate of drug-likeness (QED) is 0.725. The Bertz CT molecular complexity index is 926. The number of para-hydroxylation sites is 1. The van der Waals surface area contributed by atoms with E-state index in [1.165, 1.54) is 17.3 Å². The van der Waals surface area contributed by atoms with Crippen LogP contribution in [0.25, 0.3) is 11.2 Å². The molecule has 0 aliphatic carbocycles. The second-order valence-electron chi connectivity index (χ2n) is 5.70. The highest BCUT2D eigenvalue weighted by Crippen LogP contribution is 2.31. The van der Waals surface area contributed by atoms with E-state index in [0.717, 1.165) is 24.2 Å². The van der Waals surface area contributed by atoms with E-state index in [4.69, 9.17) is 11.6 Å². The summed E-state index contributed by atoms with van der Waals surface area (Å²) in [6.45, 7) is 2.64. The molecular weight excluding hydrogens is 344 g/mol. The molecule has 7 heteroatoms. The first-order valence-electron chi connectivity index (χ1n) is 7.69. The van der Waals surface area contributed by atoms with Gasteiger partial charge in [0.2, 0.25) is 5.91 Å². The van der Waals surface area contributed by atoms with E-state index in [1.807, 2.05) is 30.0 Å². The molecular formula is C17H15ClN4OS. The Balaban J connectivity index is 1.53. The molecule has 0 saturated carbocycles. The predicted molar refractivity (Wildman–Crippen MR) is 96.7 cm³/mol. The maximum atomic E-state index is 12.8. The summed E-state index contributed by atoms with van der Waals surface area (Å²) in [5, 5.41) is 0.987. The maximum absolute atomic E-state index is 12.8. The lowest BCUT2D eigenvalue weighted by atomic mass is 10.2. The molecule has 3 heterocycles. The molecule has 0 spiro atoms. The minimum atomic E-state index is -0.243. The van der Waals surface area contributed by atoms with Crippen LogP contribution in [-0.2, 0) is 11.2 Å². The first-order chi connectivity index (χ1) is 11.6. The lowest BCUT2D eigenvalue weighted by Gasteiger charge is -2.20. The smallest absolute Gasteiger partial charge is 0.240 e. The van der Waals surface area contributed by atoms with Gasteiger partial charge in [0.05, 0.1) is 15.8 Å². The van der Waals surface area contributed by atoms with Gasteiger partial charge in [0, 0.05) is 18.4 Å². The van der Waals surface area contributed by atoms with Crippen molar-refractivity contribution in [2.75, 3.05) is 11.4 Å². The van der Waals surface area contributed by atoms with E-state index in [-0.39, 0.29) is 11.2 Å². The van der Waals surface area contributed by atoms with Gasteiger partial charge in [-0.1, -0.05) is 41.6 Å². The number of carbonyl (C=O) groups excluding carboxylic acids is 1. The molecule has 1 aromatic carbocycles. The molecule has 24 heavy (non-hydrogen) atoms. The fourth-order valence-electron chi connectivity index (χ4n) is 2.91. The average molecular weight is 359 g/mol. The van der Waals surface area contributed by atoms with Crippen LogP contribution in [0.1, 0.15) is 12.5 Å². The van der Waals surface area contributed by atoms with Crippen LogP contribution in [0.5, 0.6) is 0 Å². The number of hydrogen-bond donors (Lipinski definition) is 1. The molecule has 0 unspecified atom stereocenters. The monoisotopic (exact) mass is 358 g/mol. The van der Waals surface area contributed by atoms with E-state index < -0.39 is 0 Å². The van der Waals surface area contributed by atoms with Gasteiger partial charge in [0.25, 0.3) is 0 Å². The summed E-state index contributed by atoms with van der Waals surface area (Å²) in [4.78, 5) is 26.4. The fourth-order valence-corrected chi connectivity index (χ4v) is 3.94. The highest BCUT2D eigenvalue weighted by atomic mass is 35.5. The first kappa shape index (κ1) is 15.5. The molecule has 3 aromatic rings. The normalized spacial score (nSPS) is 14.8. The van der Waals surface area contributed by atoms with Crippen molar-refractivity contribution in [2.24, 2.45) is 0 Å². The van der Waals surface area contributed by atoms with Gasteiger partial charge >= 0.3 is 0 Å². The number of thioether (sulfide) groups is 1. The summed E-state index contributed by atoms with van der Waals surface area (Å²) >= 11 is 7.34. The topological polar surface area (TPSA) is 61.9 Å². The van der Waals surface area contributed by atoms with Gasteiger partial charge in [0.15, 0.2) is 10.8 Å². The lowest BCUT2D eigenvalue weighted by molar-refractivity contribution is -0.117. The van der Waals surface area contributed by atoms with Gasteiger partial charge in [-0.05, 0) is 31.0 Å². The van der Waals surface area contributed by atoms with Crippen LogP contribution in [0.4, 0.5) is 5.69 Å². The number of imidazole rings is 1. The summed E-state index contributed by atoms with van der Waals surface area (Å²) < 4.78 is 0. The van der Waals surface area contributed by atoms with E-state index in [0.29, 0.717) is 15.8 Å². The molecule has 5 nitrogen and oxygen atoms in total. The van der Waals surface area contributed by atoms with Crippen LogP contribution < -0.4 is 4.90 Å². The standard InChI is InChI=1S/C17H15ClN4OS/c1-10(16(23)22-7-6-11-4-2-3-5-14(11)22)24-17-20-13-8-12(18)9-19-15(13)21-17/h2-5,8-10H,6-7H2,1H3,(H,19,20,21)/t10-/m1/s1. The number of amides is 1. The van der Waals surface area contributed by atoms with Gasteiger partial charge < -0.3 is 9.88 Å². The number of carbonyl (C=O) groups is 1. The lowest BCUT2D eigenvalue weighted by Crippen LogP contribution is -2.35. The van der Waals surface area contributed by atoms with Gasteiger partial charge in [0.1, 0.15) is 0 Å². The number of halogens is 1. The Morgan fingerprint density at radius 2 is 2.25 bits per heavy atom. The summed E-state index contributed by atoms with van der Waals surface area (Å²) in [5.41, 5.74) is 3.63. The van der Waals surface area contributed by atoms with Crippen molar-refractivity contribution < 1.29 is 4.79 Å². The predicted octanol–water partition coefficient (Wildman–Crippen LogP) is 3.68. The summed E-state index contributed by atoms with van der Waals surface area (Å²) in [6, 6.07) is 9.85. The molecule has 1 atom stereocenters. The Hall–Kier alpha value is -2.05. The molecule has 1 aliphatic rings. The van der Waals surface area contributed by atoms with E-state index in [9.17, 15) is 4.79 Å². The van der Waals surface area contributed by atoms with Crippen molar-refractivity contribution >= 4 is 46.1 Å². The zero-order chi connectivity index (χ0) is 16.7. The van der Waals surface area contributed by atoms with Crippen molar-refractivity contribution in [1.29, 1.82) is 0 Å². The number of nitrogens with one attached hydrogen (secondary N) is 1. The van der Waals surface area contributed by atoms with Crippen LogP contribution in [0.15, 0.2) is 41.7 Å². The molecule has 122 valence electrons. The van der Waals surface area contributed by atoms with Gasteiger partial charge in [-0.3, -0.25) is 4.79 Å². The summed E-state index contributed by atoms with van der Waals surface area (Å²) in [7, 11) is 0. The molecule has 1 aliphatic heterocycles. The molecule has 2 aromatic heterocycles. The molecule has 0 saturated heterocycles. The second-order valence-corrected chi connectivity index (χ2v) is 7.46. The van der Waals surface area contributed by atoms with Crippen molar-refractivity contribution in [3.8, 4) is 0 Å². The van der Waals surface area contributed by atoms with Gasteiger partial charge in [-0.25, -0.2) is 9.97 Å². The fraction of sp³-hybridized carbons (Fsp3) is 0.235. The second kappa shape index (κ2) is 6.11. The third kappa shape index (κ3) is 2.76. The average Bonchev–Trinajstić information content (AvgIpc) is 3.17. The zero-order valence-corrected chi connectivity index (χ0v) is 14.6. The molecule has 1 amide bonds.